The number of nitrogens with zero attached hydrogens (tertiary/aromatic N) is 1. The summed E-state index contributed by atoms with van der Waals surface area (Å²) >= 11 is 0. The van der Waals surface area contributed by atoms with Crippen LogP contribution in [0.15, 0.2) is 36.5 Å². The first-order valence-electron chi connectivity index (χ1n) is 5.68. The largest absolute Gasteiger partial charge is 0.396 e. The fourth-order valence-electron chi connectivity index (χ4n) is 2.03. The first-order valence-corrected chi connectivity index (χ1v) is 5.68. The van der Waals surface area contributed by atoms with Gasteiger partial charge in [0.05, 0.1) is 12.1 Å². The van der Waals surface area contributed by atoms with E-state index >= 15 is 0 Å². The molecule has 0 aliphatic rings. The maximum Gasteiger partial charge on any atom is 0.0702 e. The van der Waals surface area contributed by atoms with Gasteiger partial charge in [0.2, 0.25) is 0 Å². The Kier molecular flexibility index (Phi) is 3.20. The minimum Gasteiger partial charge on any atom is -0.396 e. The predicted molar refractivity (Wildman–Crippen MR) is 66.4 cm³/mol. The first-order chi connectivity index (χ1) is 7.72. The van der Waals surface area contributed by atoms with Gasteiger partial charge in [-0.3, -0.25) is 4.98 Å². The molecule has 0 aliphatic carbocycles. The summed E-state index contributed by atoms with van der Waals surface area (Å²) in [6.07, 6.45) is 1.80. The molecule has 1 heterocycles. The van der Waals surface area contributed by atoms with E-state index in [9.17, 15) is 5.11 Å². The van der Waals surface area contributed by atoms with Gasteiger partial charge in [-0.2, -0.15) is 0 Å². The van der Waals surface area contributed by atoms with Gasteiger partial charge in [0, 0.05) is 17.5 Å². The highest BCUT2D eigenvalue weighted by Crippen LogP contribution is 2.26. The van der Waals surface area contributed by atoms with Gasteiger partial charge in [-0.05, 0) is 29.7 Å². The van der Waals surface area contributed by atoms with Crippen LogP contribution < -0.4 is 0 Å². The zero-order valence-electron chi connectivity index (χ0n) is 9.72. The first kappa shape index (κ1) is 11.1. The molecular formula is C14H17NO. The van der Waals surface area contributed by atoms with Crippen molar-refractivity contribution in [2.24, 2.45) is 5.92 Å². The van der Waals surface area contributed by atoms with E-state index in [0.717, 1.165) is 10.9 Å². The van der Waals surface area contributed by atoms with Gasteiger partial charge < -0.3 is 5.11 Å². The molecule has 0 spiro atoms. The van der Waals surface area contributed by atoms with Crippen LogP contribution in [0.2, 0.25) is 0 Å². The fraction of sp³-hybridized carbons (Fsp3) is 0.357. The summed E-state index contributed by atoms with van der Waals surface area (Å²) in [6, 6.07) is 10.2. The maximum atomic E-state index is 9.41. The van der Waals surface area contributed by atoms with Crippen LogP contribution in [-0.4, -0.2) is 16.7 Å². The summed E-state index contributed by atoms with van der Waals surface area (Å²) < 4.78 is 0. The Balaban J connectivity index is 2.45. The zero-order valence-corrected chi connectivity index (χ0v) is 9.72. The molecule has 0 saturated heterocycles. The van der Waals surface area contributed by atoms with Gasteiger partial charge in [-0.25, -0.2) is 0 Å². The highest BCUT2D eigenvalue weighted by molar-refractivity contribution is 5.79. The molecule has 2 rings (SSSR count). The molecule has 0 amide bonds. The number of benzene rings is 1. The van der Waals surface area contributed by atoms with Crippen molar-refractivity contribution < 1.29 is 5.11 Å². The van der Waals surface area contributed by atoms with E-state index < -0.39 is 0 Å². The number of pyridine rings is 1. The van der Waals surface area contributed by atoms with Gasteiger partial charge >= 0.3 is 0 Å². The summed E-state index contributed by atoms with van der Waals surface area (Å²) in [5.41, 5.74) is 2.20. The molecule has 84 valence electrons. The van der Waals surface area contributed by atoms with Crippen LogP contribution in [0.4, 0.5) is 0 Å². The molecule has 2 aromatic rings. The van der Waals surface area contributed by atoms with E-state index in [0.29, 0.717) is 5.92 Å². The lowest BCUT2D eigenvalue weighted by Gasteiger charge is -2.18. The number of hydrogen-bond donors (Lipinski definition) is 1. The van der Waals surface area contributed by atoms with Crippen molar-refractivity contribution in [3.8, 4) is 0 Å². The molecule has 1 unspecified atom stereocenters. The summed E-state index contributed by atoms with van der Waals surface area (Å²) in [5.74, 6) is 0.656. The number of fused-ring (bicyclic) bond motifs is 1. The molecule has 2 nitrogen and oxygen atoms in total. The molecule has 0 radical (unpaired) electrons. The molecule has 1 aromatic carbocycles. The monoisotopic (exact) mass is 215 g/mol. The molecule has 2 heteroatoms. The quantitative estimate of drug-likeness (QED) is 0.853. The third kappa shape index (κ3) is 2.07. The van der Waals surface area contributed by atoms with Gasteiger partial charge in [0.15, 0.2) is 0 Å². The maximum absolute atomic E-state index is 9.41. The van der Waals surface area contributed by atoms with Crippen molar-refractivity contribution in [3.05, 3.63) is 42.1 Å². The van der Waals surface area contributed by atoms with Gasteiger partial charge in [0.25, 0.3) is 0 Å². The second kappa shape index (κ2) is 4.62. The third-order valence-corrected chi connectivity index (χ3v) is 3.06. The zero-order chi connectivity index (χ0) is 11.5. The van der Waals surface area contributed by atoms with Crippen molar-refractivity contribution in [3.63, 3.8) is 0 Å². The summed E-state index contributed by atoms with van der Waals surface area (Å²) in [5, 5.41) is 10.5. The molecule has 0 bridgehead atoms. The van der Waals surface area contributed by atoms with Gasteiger partial charge in [-0.15, -0.1) is 0 Å². The molecule has 16 heavy (non-hydrogen) atoms. The minimum absolute atomic E-state index is 0.198. The van der Waals surface area contributed by atoms with Crippen molar-refractivity contribution in [2.75, 3.05) is 6.61 Å². The molecule has 1 atom stereocenters. The average Bonchev–Trinajstić information content (AvgIpc) is 2.29. The number of aromatic nitrogens is 1. The molecule has 0 aliphatic heterocycles. The van der Waals surface area contributed by atoms with Crippen molar-refractivity contribution in [2.45, 2.75) is 19.8 Å². The number of aliphatic hydroxyl groups excluding tert-OH is 1. The molecule has 1 N–H and O–H groups in total. The lowest BCUT2D eigenvalue weighted by Crippen LogP contribution is -2.11. The second-order valence-electron chi connectivity index (χ2n) is 4.49. The third-order valence-electron chi connectivity index (χ3n) is 3.06. The summed E-state index contributed by atoms with van der Waals surface area (Å²) in [7, 11) is 0. The van der Waals surface area contributed by atoms with Gasteiger partial charge in [-0.1, -0.05) is 26.0 Å². The second-order valence-corrected chi connectivity index (χ2v) is 4.49. The van der Waals surface area contributed by atoms with Crippen LogP contribution in [0.5, 0.6) is 0 Å². The Morgan fingerprint density at radius 2 is 2.06 bits per heavy atom. The van der Waals surface area contributed by atoms with Crippen molar-refractivity contribution in [1.82, 2.24) is 4.98 Å². The predicted octanol–water partition coefficient (Wildman–Crippen LogP) is 2.97. The summed E-state index contributed by atoms with van der Waals surface area (Å²) in [4.78, 5) is 4.29. The average molecular weight is 215 g/mol. The number of aliphatic hydroxyl groups is 1. The topological polar surface area (TPSA) is 33.1 Å². The SMILES string of the molecule is CC(C)C(CO)c1ccc2ncccc2c1. The van der Waals surface area contributed by atoms with E-state index in [4.69, 9.17) is 0 Å². The van der Waals surface area contributed by atoms with Crippen LogP contribution in [0.3, 0.4) is 0 Å². The van der Waals surface area contributed by atoms with Crippen molar-refractivity contribution in [1.29, 1.82) is 0 Å². The van der Waals surface area contributed by atoms with Crippen LogP contribution in [-0.2, 0) is 0 Å². The summed E-state index contributed by atoms with van der Waals surface area (Å²) in [6.45, 7) is 4.46. The lowest BCUT2D eigenvalue weighted by molar-refractivity contribution is 0.237. The fourth-order valence-corrected chi connectivity index (χ4v) is 2.03. The Labute approximate surface area is 96.0 Å². The standard InChI is InChI=1S/C14H17NO/c1-10(2)13(9-16)11-5-6-14-12(8-11)4-3-7-15-14/h3-8,10,13,16H,9H2,1-2H3. The van der Waals surface area contributed by atoms with E-state index in [1.807, 2.05) is 12.1 Å². The molecule has 0 fully saturated rings. The smallest absolute Gasteiger partial charge is 0.0702 e. The molecular weight excluding hydrogens is 198 g/mol. The van der Waals surface area contributed by atoms with Crippen molar-refractivity contribution >= 4 is 10.9 Å². The Morgan fingerprint density at radius 1 is 1.25 bits per heavy atom. The minimum atomic E-state index is 0.198. The van der Waals surface area contributed by atoms with E-state index in [1.54, 1.807) is 6.20 Å². The Morgan fingerprint density at radius 3 is 2.75 bits per heavy atom. The van der Waals surface area contributed by atoms with Crippen LogP contribution in [0.1, 0.15) is 25.3 Å². The normalized spacial score (nSPS) is 13.2. The Bertz CT molecular complexity index is 479. The van der Waals surface area contributed by atoms with Crippen LogP contribution >= 0.6 is 0 Å². The van der Waals surface area contributed by atoms with E-state index in [-0.39, 0.29) is 12.5 Å². The number of hydrogen-bond acceptors (Lipinski definition) is 2. The highest BCUT2D eigenvalue weighted by Gasteiger charge is 2.14. The van der Waals surface area contributed by atoms with Crippen LogP contribution in [0.25, 0.3) is 10.9 Å². The number of rotatable bonds is 3. The molecule has 1 aromatic heterocycles. The Hall–Kier alpha value is -1.41. The van der Waals surface area contributed by atoms with Gasteiger partial charge in [0.1, 0.15) is 0 Å². The highest BCUT2D eigenvalue weighted by atomic mass is 16.3. The lowest BCUT2D eigenvalue weighted by atomic mass is 9.88. The van der Waals surface area contributed by atoms with E-state index in [1.165, 1.54) is 5.56 Å². The van der Waals surface area contributed by atoms with E-state index in [2.05, 4.69) is 37.0 Å². The molecule has 0 saturated carbocycles. The van der Waals surface area contributed by atoms with Crippen LogP contribution in [0, 0.1) is 5.92 Å².